The molecular formula is C19H23N3O2S. The fourth-order valence-electron chi connectivity index (χ4n) is 3.07. The van der Waals surface area contributed by atoms with Gasteiger partial charge < -0.3 is 14.6 Å². The zero-order valence-electron chi connectivity index (χ0n) is 14.8. The van der Waals surface area contributed by atoms with Crippen LogP contribution < -0.4 is 0 Å². The van der Waals surface area contributed by atoms with E-state index in [1.165, 1.54) is 22.2 Å². The van der Waals surface area contributed by atoms with Gasteiger partial charge >= 0.3 is 0 Å². The summed E-state index contributed by atoms with van der Waals surface area (Å²) >= 11 is 1.48. The minimum Gasteiger partial charge on any atom is -0.395 e. The summed E-state index contributed by atoms with van der Waals surface area (Å²) in [5.41, 5.74) is 2.65. The van der Waals surface area contributed by atoms with Crippen LogP contribution in [0.25, 0.3) is 21.6 Å². The predicted molar refractivity (Wildman–Crippen MR) is 102 cm³/mol. The van der Waals surface area contributed by atoms with Crippen LogP contribution in [-0.2, 0) is 6.54 Å². The SMILES string of the molecule is CCn1c(-c2nc(C(=O)N(CCO)C(C)C)cs2)cc2ccccc21. The van der Waals surface area contributed by atoms with Gasteiger partial charge in [-0.15, -0.1) is 11.3 Å². The average molecular weight is 357 g/mol. The van der Waals surface area contributed by atoms with Gasteiger partial charge in [0.15, 0.2) is 0 Å². The Hall–Kier alpha value is -2.18. The van der Waals surface area contributed by atoms with Crippen molar-refractivity contribution in [3.63, 3.8) is 0 Å². The Morgan fingerprint density at radius 1 is 1.36 bits per heavy atom. The van der Waals surface area contributed by atoms with E-state index in [4.69, 9.17) is 0 Å². The monoisotopic (exact) mass is 357 g/mol. The van der Waals surface area contributed by atoms with Crippen LogP contribution in [0.15, 0.2) is 35.7 Å². The molecule has 0 unspecified atom stereocenters. The number of amides is 1. The summed E-state index contributed by atoms with van der Waals surface area (Å²) in [4.78, 5) is 18.9. The molecule has 0 radical (unpaired) electrons. The molecule has 3 rings (SSSR count). The molecule has 0 atom stereocenters. The maximum absolute atomic E-state index is 12.7. The molecule has 1 aromatic carbocycles. The Balaban J connectivity index is 1.98. The topological polar surface area (TPSA) is 58.4 Å². The number of aryl methyl sites for hydroxylation is 1. The largest absolute Gasteiger partial charge is 0.395 e. The predicted octanol–water partition coefficient (Wildman–Crippen LogP) is 3.63. The van der Waals surface area contributed by atoms with Gasteiger partial charge in [0, 0.05) is 35.4 Å². The van der Waals surface area contributed by atoms with E-state index in [9.17, 15) is 9.90 Å². The van der Waals surface area contributed by atoms with Crippen LogP contribution in [0.2, 0.25) is 0 Å². The first-order chi connectivity index (χ1) is 12.1. The van der Waals surface area contributed by atoms with Crippen molar-refractivity contribution in [2.24, 2.45) is 0 Å². The maximum atomic E-state index is 12.7. The van der Waals surface area contributed by atoms with Crippen molar-refractivity contribution < 1.29 is 9.90 Å². The minimum atomic E-state index is -0.134. The lowest BCUT2D eigenvalue weighted by Gasteiger charge is -2.24. The molecule has 1 N–H and O–H groups in total. The van der Waals surface area contributed by atoms with Crippen molar-refractivity contribution in [3.05, 3.63) is 41.4 Å². The van der Waals surface area contributed by atoms with Gasteiger partial charge in [0.2, 0.25) is 0 Å². The van der Waals surface area contributed by atoms with E-state index in [1.54, 1.807) is 4.90 Å². The third kappa shape index (κ3) is 3.32. The Labute approximate surface area is 151 Å². The zero-order chi connectivity index (χ0) is 18.0. The van der Waals surface area contributed by atoms with Gasteiger partial charge in [-0.3, -0.25) is 4.79 Å². The number of carbonyl (C=O) groups excluding carboxylic acids is 1. The first-order valence-corrected chi connectivity index (χ1v) is 9.40. The first kappa shape index (κ1) is 17.6. The number of aliphatic hydroxyl groups is 1. The van der Waals surface area contributed by atoms with Crippen molar-refractivity contribution in [1.29, 1.82) is 0 Å². The van der Waals surface area contributed by atoms with E-state index in [-0.39, 0.29) is 18.6 Å². The molecule has 3 aromatic rings. The van der Waals surface area contributed by atoms with Crippen LogP contribution in [0.5, 0.6) is 0 Å². The van der Waals surface area contributed by atoms with Crippen LogP contribution in [0, 0.1) is 0 Å². The second kappa shape index (κ2) is 7.37. The summed E-state index contributed by atoms with van der Waals surface area (Å²) in [5, 5.41) is 13.0. The Morgan fingerprint density at radius 3 is 2.80 bits per heavy atom. The zero-order valence-corrected chi connectivity index (χ0v) is 15.6. The summed E-state index contributed by atoms with van der Waals surface area (Å²) in [6, 6.07) is 10.4. The molecule has 132 valence electrons. The summed E-state index contributed by atoms with van der Waals surface area (Å²) in [6.07, 6.45) is 0. The van der Waals surface area contributed by atoms with Crippen molar-refractivity contribution in [3.8, 4) is 10.7 Å². The third-order valence-corrected chi connectivity index (χ3v) is 5.16. The molecule has 5 nitrogen and oxygen atoms in total. The molecule has 0 aliphatic heterocycles. The number of rotatable bonds is 6. The van der Waals surface area contributed by atoms with Gasteiger partial charge in [-0.25, -0.2) is 4.98 Å². The molecule has 6 heteroatoms. The standard InChI is InChI=1S/C19H23N3O2S/c1-4-21-16-8-6-5-7-14(16)11-17(21)18-20-15(12-25-18)19(24)22(9-10-23)13(2)3/h5-8,11-13,23H,4,9-10H2,1-3H3. The van der Waals surface area contributed by atoms with E-state index in [0.29, 0.717) is 12.2 Å². The maximum Gasteiger partial charge on any atom is 0.273 e. The highest BCUT2D eigenvalue weighted by Crippen LogP contribution is 2.30. The summed E-state index contributed by atoms with van der Waals surface area (Å²) < 4.78 is 2.22. The van der Waals surface area contributed by atoms with E-state index in [2.05, 4.69) is 34.7 Å². The Bertz CT molecular complexity index is 882. The average Bonchev–Trinajstić information content (AvgIpc) is 3.22. The number of carbonyl (C=O) groups is 1. The van der Waals surface area contributed by atoms with E-state index < -0.39 is 0 Å². The van der Waals surface area contributed by atoms with Crippen LogP contribution in [-0.4, -0.2) is 44.7 Å². The van der Waals surface area contributed by atoms with Crippen molar-refractivity contribution in [1.82, 2.24) is 14.5 Å². The molecule has 2 heterocycles. The second-order valence-corrected chi connectivity index (χ2v) is 7.04. The van der Waals surface area contributed by atoms with Crippen molar-refractivity contribution in [2.45, 2.75) is 33.4 Å². The van der Waals surface area contributed by atoms with E-state index >= 15 is 0 Å². The van der Waals surface area contributed by atoms with Gasteiger partial charge in [0.1, 0.15) is 10.7 Å². The molecule has 0 saturated carbocycles. The molecule has 0 aliphatic rings. The number of hydrogen-bond acceptors (Lipinski definition) is 4. The number of aliphatic hydroxyl groups excluding tert-OH is 1. The molecule has 0 spiro atoms. The number of thiazole rings is 1. The fourth-order valence-corrected chi connectivity index (χ4v) is 3.88. The Kier molecular flexibility index (Phi) is 5.20. The van der Waals surface area contributed by atoms with Gasteiger partial charge in [-0.2, -0.15) is 0 Å². The molecule has 0 aliphatic carbocycles. The highest BCUT2D eigenvalue weighted by Gasteiger charge is 2.22. The van der Waals surface area contributed by atoms with Crippen molar-refractivity contribution in [2.75, 3.05) is 13.2 Å². The lowest BCUT2D eigenvalue weighted by Crippen LogP contribution is -2.39. The van der Waals surface area contributed by atoms with Crippen LogP contribution in [0.1, 0.15) is 31.3 Å². The summed E-state index contributed by atoms with van der Waals surface area (Å²) in [6.45, 7) is 7.10. The number of fused-ring (bicyclic) bond motifs is 1. The fraction of sp³-hybridized carbons (Fsp3) is 0.368. The summed E-state index contributed by atoms with van der Waals surface area (Å²) in [7, 11) is 0. The second-order valence-electron chi connectivity index (χ2n) is 6.19. The lowest BCUT2D eigenvalue weighted by atomic mass is 10.2. The lowest BCUT2D eigenvalue weighted by molar-refractivity contribution is 0.0660. The molecule has 2 aromatic heterocycles. The molecule has 1 amide bonds. The number of para-hydroxylation sites is 1. The molecule has 0 fully saturated rings. The normalized spacial score (nSPS) is 11.4. The smallest absolute Gasteiger partial charge is 0.273 e. The van der Waals surface area contributed by atoms with Gasteiger partial charge in [0.05, 0.1) is 12.3 Å². The van der Waals surface area contributed by atoms with Gasteiger partial charge in [0.25, 0.3) is 5.91 Å². The number of benzene rings is 1. The summed E-state index contributed by atoms with van der Waals surface area (Å²) in [5.74, 6) is -0.134. The van der Waals surface area contributed by atoms with E-state index in [0.717, 1.165) is 17.2 Å². The first-order valence-electron chi connectivity index (χ1n) is 8.52. The highest BCUT2D eigenvalue weighted by molar-refractivity contribution is 7.13. The quantitative estimate of drug-likeness (QED) is 0.733. The number of hydrogen-bond donors (Lipinski definition) is 1. The van der Waals surface area contributed by atoms with Crippen LogP contribution in [0.4, 0.5) is 0 Å². The highest BCUT2D eigenvalue weighted by atomic mass is 32.1. The number of nitrogens with zero attached hydrogens (tertiary/aromatic N) is 3. The third-order valence-electron chi connectivity index (χ3n) is 4.29. The Morgan fingerprint density at radius 2 is 2.12 bits per heavy atom. The molecule has 25 heavy (non-hydrogen) atoms. The molecule has 0 saturated heterocycles. The molecular weight excluding hydrogens is 334 g/mol. The van der Waals surface area contributed by atoms with Gasteiger partial charge in [-0.1, -0.05) is 18.2 Å². The minimum absolute atomic E-state index is 0.0203. The number of aromatic nitrogens is 2. The van der Waals surface area contributed by atoms with Gasteiger partial charge in [-0.05, 0) is 32.9 Å². The van der Waals surface area contributed by atoms with Crippen LogP contribution >= 0.6 is 11.3 Å². The van der Waals surface area contributed by atoms with Crippen LogP contribution in [0.3, 0.4) is 0 Å². The van der Waals surface area contributed by atoms with E-state index in [1.807, 2.05) is 31.4 Å². The molecule has 0 bridgehead atoms. The van der Waals surface area contributed by atoms with Crippen molar-refractivity contribution >= 4 is 28.1 Å².